The Hall–Kier alpha value is -3.44. The molecule has 0 saturated carbocycles. The fourth-order valence-corrected chi connectivity index (χ4v) is 6.06. The molecule has 33 heavy (non-hydrogen) atoms. The fourth-order valence-electron chi connectivity index (χ4n) is 5.04. The number of rotatable bonds is 3. The van der Waals surface area contributed by atoms with Crippen LogP contribution in [0.3, 0.4) is 0 Å². The van der Waals surface area contributed by atoms with Crippen molar-refractivity contribution in [2.24, 2.45) is 16.1 Å². The van der Waals surface area contributed by atoms with Crippen molar-refractivity contribution in [3.05, 3.63) is 77.0 Å². The van der Waals surface area contributed by atoms with E-state index in [2.05, 4.69) is 23.0 Å². The van der Waals surface area contributed by atoms with Crippen molar-refractivity contribution in [2.75, 3.05) is 12.9 Å². The van der Waals surface area contributed by atoms with Gasteiger partial charge in [-0.05, 0) is 41.8 Å². The summed E-state index contributed by atoms with van der Waals surface area (Å²) in [5.74, 6) is 0.897. The molecule has 1 aliphatic heterocycles. The molecule has 2 atom stereocenters. The van der Waals surface area contributed by atoms with Gasteiger partial charge in [-0.25, -0.2) is 9.37 Å². The Morgan fingerprint density at radius 1 is 1.18 bits per heavy atom. The van der Waals surface area contributed by atoms with E-state index in [1.165, 1.54) is 24.0 Å². The molecule has 2 N–H and O–H groups in total. The van der Waals surface area contributed by atoms with Crippen molar-refractivity contribution < 1.29 is 9.13 Å². The predicted octanol–water partition coefficient (Wildman–Crippen LogP) is 4.22. The lowest BCUT2D eigenvalue weighted by Gasteiger charge is -2.52. The monoisotopic (exact) mass is 459 g/mol. The number of nitrogens with zero attached hydrogens (tertiary/aromatic N) is 4. The molecule has 8 heteroatoms. The Morgan fingerprint density at radius 3 is 2.82 bits per heavy atom. The Labute approximate surface area is 195 Å². The van der Waals surface area contributed by atoms with E-state index in [4.69, 9.17) is 15.5 Å². The van der Waals surface area contributed by atoms with Gasteiger partial charge in [0.15, 0.2) is 5.17 Å². The van der Waals surface area contributed by atoms with E-state index < -0.39 is 5.54 Å². The van der Waals surface area contributed by atoms with Gasteiger partial charge in [0.25, 0.3) is 0 Å². The van der Waals surface area contributed by atoms with Crippen LogP contribution in [-0.4, -0.2) is 28.0 Å². The van der Waals surface area contributed by atoms with E-state index in [0.29, 0.717) is 40.8 Å². The Bertz CT molecular complexity index is 1340. The van der Waals surface area contributed by atoms with Crippen LogP contribution in [0.15, 0.2) is 53.9 Å². The topological polar surface area (TPSA) is 97.2 Å². The van der Waals surface area contributed by atoms with Crippen molar-refractivity contribution in [3.8, 4) is 23.1 Å². The van der Waals surface area contributed by atoms with Gasteiger partial charge < -0.3 is 10.5 Å². The maximum Gasteiger partial charge on any atom is 0.216 e. The number of hydrogen-bond donors (Lipinski definition) is 1. The number of nitriles is 1. The third-order valence-corrected chi connectivity index (χ3v) is 7.94. The predicted molar refractivity (Wildman–Crippen MR) is 126 cm³/mol. The van der Waals surface area contributed by atoms with Crippen LogP contribution in [0.4, 0.5) is 4.39 Å². The first-order chi connectivity index (χ1) is 15.9. The summed E-state index contributed by atoms with van der Waals surface area (Å²) < 4.78 is 21.2. The number of fused-ring (bicyclic) bond motifs is 2. The van der Waals surface area contributed by atoms with Gasteiger partial charge in [-0.2, -0.15) is 5.26 Å². The summed E-state index contributed by atoms with van der Waals surface area (Å²) in [6.45, 7) is 2.15. The van der Waals surface area contributed by atoms with E-state index in [0.717, 1.165) is 22.3 Å². The summed E-state index contributed by atoms with van der Waals surface area (Å²) >= 11 is 1.50. The minimum absolute atomic E-state index is 0.343. The van der Waals surface area contributed by atoms with Gasteiger partial charge in [0.1, 0.15) is 17.4 Å². The molecule has 3 aromatic rings. The summed E-state index contributed by atoms with van der Waals surface area (Å²) in [5.41, 5.74) is 9.44. The van der Waals surface area contributed by atoms with Crippen LogP contribution in [0.5, 0.6) is 5.88 Å². The zero-order valence-corrected chi connectivity index (χ0v) is 19.1. The van der Waals surface area contributed by atoms with Crippen molar-refractivity contribution in [2.45, 2.75) is 25.3 Å². The minimum Gasteiger partial charge on any atom is -0.481 e. The lowest BCUT2D eigenvalue weighted by atomic mass is 9.58. The van der Waals surface area contributed by atoms with Crippen LogP contribution >= 0.6 is 11.8 Å². The first kappa shape index (κ1) is 21.4. The van der Waals surface area contributed by atoms with Gasteiger partial charge in [-0.1, -0.05) is 24.8 Å². The van der Waals surface area contributed by atoms with Crippen LogP contribution in [0.2, 0.25) is 0 Å². The van der Waals surface area contributed by atoms with Gasteiger partial charge >= 0.3 is 0 Å². The largest absolute Gasteiger partial charge is 0.481 e. The molecule has 2 aromatic heterocycles. The number of benzene rings is 1. The summed E-state index contributed by atoms with van der Waals surface area (Å²) in [6.07, 6.45) is 6.04. The molecule has 0 spiro atoms. The molecule has 0 unspecified atom stereocenters. The van der Waals surface area contributed by atoms with Crippen molar-refractivity contribution in [1.82, 2.24) is 9.97 Å². The third kappa shape index (κ3) is 3.35. The third-order valence-electron chi connectivity index (χ3n) is 6.77. The van der Waals surface area contributed by atoms with Crippen LogP contribution in [0, 0.1) is 22.6 Å². The summed E-state index contributed by atoms with van der Waals surface area (Å²) in [6, 6.07) is 10.9. The first-order valence-electron chi connectivity index (χ1n) is 10.5. The molecule has 1 aromatic carbocycles. The SMILES string of the molecule is COc1nccc2c1C[C@@]1(c3cc(-c4cncc(C#N)c4)ccc3F)N=C(N)SC[C@@]1(C)C2. The number of ether oxygens (including phenoxy) is 1. The molecule has 0 saturated heterocycles. The summed E-state index contributed by atoms with van der Waals surface area (Å²) in [7, 11) is 1.59. The zero-order valence-electron chi connectivity index (χ0n) is 18.3. The Morgan fingerprint density at radius 2 is 2.03 bits per heavy atom. The van der Waals surface area contributed by atoms with Crippen molar-refractivity contribution in [1.29, 1.82) is 5.26 Å². The lowest BCUT2D eigenvalue weighted by Crippen LogP contribution is -2.54. The first-order valence-corrected chi connectivity index (χ1v) is 11.5. The van der Waals surface area contributed by atoms with Gasteiger partial charge in [-0.15, -0.1) is 0 Å². The lowest BCUT2D eigenvalue weighted by molar-refractivity contribution is 0.146. The van der Waals surface area contributed by atoms with E-state index >= 15 is 4.39 Å². The molecule has 0 amide bonds. The molecule has 3 heterocycles. The maximum absolute atomic E-state index is 15.6. The Balaban J connectivity index is 1.75. The maximum atomic E-state index is 15.6. The van der Waals surface area contributed by atoms with Gasteiger partial charge in [0.2, 0.25) is 5.88 Å². The molecule has 6 nitrogen and oxygen atoms in total. The van der Waals surface area contributed by atoms with E-state index in [9.17, 15) is 5.26 Å². The van der Waals surface area contributed by atoms with Crippen LogP contribution in [0.25, 0.3) is 11.1 Å². The van der Waals surface area contributed by atoms with Gasteiger partial charge in [0.05, 0.1) is 12.7 Å². The van der Waals surface area contributed by atoms with E-state index in [-0.39, 0.29) is 11.2 Å². The van der Waals surface area contributed by atoms with Crippen molar-refractivity contribution >= 4 is 16.9 Å². The average molecular weight is 460 g/mol. The number of amidine groups is 1. The average Bonchev–Trinajstić information content (AvgIpc) is 2.83. The van der Waals surface area contributed by atoms with Crippen LogP contribution < -0.4 is 10.5 Å². The second kappa shape index (κ2) is 7.85. The number of thioether (sulfide) groups is 1. The van der Waals surface area contributed by atoms with E-state index in [1.54, 1.807) is 31.6 Å². The zero-order chi connectivity index (χ0) is 23.2. The molecule has 2 aliphatic rings. The normalized spacial score (nSPS) is 23.6. The second-order valence-corrected chi connectivity index (χ2v) is 9.74. The highest BCUT2D eigenvalue weighted by Gasteiger charge is 2.56. The molecule has 166 valence electrons. The van der Waals surface area contributed by atoms with Gasteiger partial charge in [0, 0.05) is 52.9 Å². The fraction of sp³-hybridized carbons (Fsp3) is 0.280. The standard InChI is InChI=1S/C25H22FN5OS/c1-24-9-17-5-6-30-22(32-2)19(17)10-25(24,31-23(28)33-14-24)20-8-16(3-4-21(20)26)18-7-15(11-27)12-29-13-18/h3-8,12-13H,9-10,14H2,1-2H3,(H2,28,31)/t24-,25+/m1/s1. The number of methoxy groups -OCH3 is 1. The number of nitrogens with two attached hydrogens (primary N) is 1. The highest BCUT2D eigenvalue weighted by Crippen LogP contribution is 2.57. The second-order valence-electron chi connectivity index (χ2n) is 8.74. The molecule has 0 bridgehead atoms. The highest BCUT2D eigenvalue weighted by molar-refractivity contribution is 8.13. The van der Waals surface area contributed by atoms with Gasteiger partial charge in [-0.3, -0.25) is 9.98 Å². The molecular formula is C25H22FN5OS. The highest BCUT2D eigenvalue weighted by atomic mass is 32.2. The van der Waals surface area contributed by atoms with Crippen molar-refractivity contribution in [3.63, 3.8) is 0 Å². The number of aliphatic imine (C=N–C) groups is 1. The smallest absolute Gasteiger partial charge is 0.216 e. The minimum atomic E-state index is -0.925. The molecular weight excluding hydrogens is 437 g/mol. The molecule has 0 radical (unpaired) electrons. The Kier molecular flexibility index (Phi) is 5.09. The molecule has 5 rings (SSSR count). The quantitative estimate of drug-likeness (QED) is 0.630. The number of halogens is 1. The number of aromatic nitrogens is 2. The molecule has 0 fully saturated rings. The van der Waals surface area contributed by atoms with Crippen LogP contribution in [-0.2, 0) is 18.4 Å². The van der Waals surface area contributed by atoms with Crippen LogP contribution in [0.1, 0.15) is 29.2 Å². The van der Waals surface area contributed by atoms with E-state index in [1.807, 2.05) is 12.1 Å². The number of hydrogen-bond acceptors (Lipinski definition) is 7. The number of pyridine rings is 2. The summed E-state index contributed by atoms with van der Waals surface area (Å²) in [5, 5.41) is 9.71. The summed E-state index contributed by atoms with van der Waals surface area (Å²) in [4.78, 5) is 13.5. The molecule has 1 aliphatic carbocycles.